The third kappa shape index (κ3) is 5.91. The van der Waals surface area contributed by atoms with Crippen LogP contribution in [-0.4, -0.2) is 16.9 Å². The molecule has 6 heteroatoms. The van der Waals surface area contributed by atoms with Gasteiger partial charge in [-0.3, -0.25) is 14.9 Å². The summed E-state index contributed by atoms with van der Waals surface area (Å²) in [4.78, 5) is 25.4. The number of anilines is 2. The van der Waals surface area contributed by atoms with E-state index in [2.05, 4.69) is 36.7 Å². The largest absolute Gasteiger partial charge is 0.332 e. The van der Waals surface area contributed by atoms with Crippen LogP contribution in [-0.2, 0) is 5.41 Å². The number of amides is 2. The van der Waals surface area contributed by atoms with Crippen LogP contribution in [0.3, 0.4) is 0 Å². The normalized spacial score (nSPS) is 11.1. The molecular weight excluding hydrogens is 454 g/mol. The lowest BCUT2D eigenvalue weighted by atomic mass is 9.87. The van der Waals surface area contributed by atoms with Gasteiger partial charge in [-0.05, 0) is 76.4 Å². The van der Waals surface area contributed by atoms with Gasteiger partial charge in [-0.15, -0.1) is 0 Å². The number of nitrogens with one attached hydrogen (secondary N) is 3. The van der Waals surface area contributed by atoms with Crippen molar-refractivity contribution in [1.29, 1.82) is 0 Å². The van der Waals surface area contributed by atoms with Gasteiger partial charge in [-0.2, -0.15) is 0 Å². The first-order valence-electron chi connectivity index (χ1n) is 11.3. The standard InChI is InChI=1S/C29H27N3O2S/c1-29(2,3)21-13-11-20(12-14-21)26(33)30-22-15-17-23(18-16-22)31-28(35)32-27(34)25-10-6-8-19-7-4-5-9-24(19)25/h4-18H,1-3H3,(H,30,33)(H2,31,32,34,35). The second-order valence-corrected chi connectivity index (χ2v) is 9.70. The summed E-state index contributed by atoms with van der Waals surface area (Å²) in [5, 5.41) is 10.7. The van der Waals surface area contributed by atoms with Crippen molar-refractivity contribution in [2.24, 2.45) is 0 Å². The van der Waals surface area contributed by atoms with E-state index in [1.165, 1.54) is 5.56 Å². The number of fused-ring (bicyclic) bond motifs is 1. The van der Waals surface area contributed by atoms with Gasteiger partial charge >= 0.3 is 0 Å². The molecule has 0 saturated heterocycles. The third-order valence-electron chi connectivity index (χ3n) is 5.68. The molecule has 0 fully saturated rings. The van der Waals surface area contributed by atoms with Crippen molar-refractivity contribution in [3.63, 3.8) is 0 Å². The Balaban J connectivity index is 1.35. The maximum atomic E-state index is 12.8. The second kappa shape index (κ2) is 10.1. The van der Waals surface area contributed by atoms with Crippen molar-refractivity contribution in [3.8, 4) is 0 Å². The van der Waals surface area contributed by atoms with Gasteiger partial charge in [0.2, 0.25) is 0 Å². The summed E-state index contributed by atoms with van der Waals surface area (Å²) < 4.78 is 0. The molecule has 176 valence electrons. The summed E-state index contributed by atoms with van der Waals surface area (Å²) in [6, 6.07) is 28.0. The van der Waals surface area contributed by atoms with Crippen molar-refractivity contribution in [2.75, 3.05) is 10.6 Å². The number of thiocarbonyl (C=S) groups is 1. The summed E-state index contributed by atoms with van der Waals surface area (Å²) in [6.07, 6.45) is 0. The van der Waals surface area contributed by atoms with Crippen LogP contribution in [0.5, 0.6) is 0 Å². The molecule has 0 aliphatic carbocycles. The number of hydrogen-bond donors (Lipinski definition) is 3. The summed E-state index contributed by atoms with van der Waals surface area (Å²) in [5.41, 5.74) is 3.71. The Labute approximate surface area is 210 Å². The summed E-state index contributed by atoms with van der Waals surface area (Å²) in [7, 11) is 0. The number of benzene rings is 4. The highest BCUT2D eigenvalue weighted by Gasteiger charge is 2.15. The van der Waals surface area contributed by atoms with Gasteiger partial charge in [0.05, 0.1) is 0 Å². The fraction of sp³-hybridized carbons (Fsp3) is 0.138. The zero-order valence-corrected chi connectivity index (χ0v) is 20.7. The zero-order valence-electron chi connectivity index (χ0n) is 19.9. The Bertz CT molecular complexity index is 1380. The molecule has 0 aromatic heterocycles. The lowest BCUT2D eigenvalue weighted by Gasteiger charge is -2.19. The van der Waals surface area contributed by atoms with Crippen molar-refractivity contribution < 1.29 is 9.59 Å². The van der Waals surface area contributed by atoms with Crippen LogP contribution in [0.25, 0.3) is 10.8 Å². The minimum atomic E-state index is -0.277. The van der Waals surface area contributed by atoms with Gasteiger partial charge in [0.15, 0.2) is 5.11 Å². The first kappa shape index (κ1) is 24.1. The van der Waals surface area contributed by atoms with Crippen LogP contribution in [0.1, 0.15) is 47.1 Å². The molecule has 3 N–H and O–H groups in total. The molecular formula is C29H27N3O2S. The fourth-order valence-corrected chi connectivity index (χ4v) is 3.93. The van der Waals surface area contributed by atoms with Crippen molar-refractivity contribution >= 4 is 51.3 Å². The average molecular weight is 482 g/mol. The second-order valence-electron chi connectivity index (χ2n) is 9.29. The average Bonchev–Trinajstić information content (AvgIpc) is 2.84. The lowest BCUT2D eigenvalue weighted by Crippen LogP contribution is -2.34. The van der Waals surface area contributed by atoms with Crippen LogP contribution < -0.4 is 16.0 Å². The third-order valence-corrected chi connectivity index (χ3v) is 5.88. The highest BCUT2D eigenvalue weighted by Crippen LogP contribution is 2.23. The quantitative estimate of drug-likeness (QED) is 0.290. The maximum absolute atomic E-state index is 12.8. The van der Waals surface area contributed by atoms with E-state index in [0.717, 1.165) is 10.8 Å². The smallest absolute Gasteiger partial charge is 0.258 e. The molecule has 0 aliphatic rings. The van der Waals surface area contributed by atoms with Crippen LogP contribution in [0.2, 0.25) is 0 Å². The van der Waals surface area contributed by atoms with Gasteiger partial charge in [-0.1, -0.05) is 69.3 Å². The molecule has 2 amide bonds. The van der Waals surface area contributed by atoms with Crippen LogP contribution in [0.4, 0.5) is 11.4 Å². The van der Waals surface area contributed by atoms with E-state index in [0.29, 0.717) is 22.5 Å². The van der Waals surface area contributed by atoms with E-state index in [-0.39, 0.29) is 22.3 Å². The van der Waals surface area contributed by atoms with Crippen molar-refractivity contribution in [1.82, 2.24) is 5.32 Å². The van der Waals surface area contributed by atoms with Gasteiger partial charge in [0, 0.05) is 22.5 Å². The molecule has 0 unspecified atom stereocenters. The molecule has 0 spiro atoms. The van der Waals surface area contributed by atoms with Crippen molar-refractivity contribution in [3.05, 3.63) is 108 Å². The molecule has 4 aromatic carbocycles. The number of carbonyl (C=O) groups excluding carboxylic acids is 2. The van der Waals surface area contributed by atoms with E-state index in [1.807, 2.05) is 60.7 Å². The van der Waals surface area contributed by atoms with E-state index in [1.54, 1.807) is 30.3 Å². The van der Waals surface area contributed by atoms with Gasteiger partial charge in [0.1, 0.15) is 0 Å². The molecule has 0 atom stereocenters. The van der Waals surface area contributed by atoms with Gasteiger partial charge in [0.25, 0.3) is 11.8 Å². The SMILES string of the molecule is CC(C)(C)c1ccc(C(=O)Nc2ccc(NC(=S)NC(=O)c3cccc4ccccc34)cc2)cc1. The highest BCUT2D eigenvalue weighted by atomic mass is 32.1. The highest BCUT2D eigenvalue weighted by molar-refractivity contribution is 7.80. The summed E-state index contributed by atoms with van der Waals surface area (Å²) in [5.74, 6) is -0.454. The minimum absolute atomic E-state index is 0.0345. The molecule has 0 saturated carbocycles. The van der Waals surface area contributed by atoms with Crippen LogP contribution >= 0.6 is 12.2 Å². The molecule has 0 aliphatic heterocycles. The van der Waals surface area contributed by atoms with Crippen LogP contribution in [0.15, 0.2) is 91.0 Å². The lowest BCUT2D eigenvalue weighted by molar-refractivity contribution is 0.0978. The monoisotopic (exact) mass is 481 g/mol. The maximum Gasteiger partial charge on any atom is 0.258 e. The van der Waals surface area contributed by atoms with Gasteiger partial charge in [-0.25, -0.2) is 0 Å². The first-order valence-corrected chi connectivity index (χ1v) is 11.7. The molecule has 0 bridgehead atoms. The van der Waals surface area contributed by atoms with E-state index < -0.39 is 0 Å². The Kier molecular flexibility index (Phi) is 6.94. The molecule has 4 rings (SSSR count). The number of hydrogen-bond acceptors (Lipinski definition) is 3. The Morgan fingerprint density at radius 2 is 1.29 bits per heavy atom. The fourth-order valence-electron chi connectivity index (χ4n) is 3.72. The zero-order chi connectivity index (χ0) is 25.0. The number of carbonyl (C=O) groups is 2. The van der Waals surface area contributed by atoms with Crippen molar-refractivity contribution in [2.45, 2.75) is 26.2 Å². The molecule has 5 nitrogen and oxygen atoms in total. The first-order chi connectivity index (χ1) is 16.7. The van der Waals surface area contributed by atoms with E-state index >= 15 is 0 Å². The van der Waals surface area contributed by atoms with Crippen LogP contribution in [0, 0.1) is 0 Å². The predicted molar refractivity (Wildman–Crippen MR) is 147 cm³/mol. The Morgan fingerprint density at radius 3 is 1.94 bits per heavy atom. The van der Waals surface area contributed by atoms with E-state index in [9.17, 15) is 9.59 Å². The summed E-state index contributed by atoms with van der Waals surface area (Å²) >= 11 is 5.33. The Morgan fingerprint density at radius 1 is 0.686 bits per heavy atom. The minimum Gasteiger partial charge on any atom is -0.332 e. The number of rotatable bonds is 4. The molecule has 35 heavy (non-hydrogen) atoms. The molecule has 4 aromatic rings. The van der Waals surface area contributed by atoms with Gasteiger partial charge < -0.3 is 10.6 Å². The predicted octanol–water partition coefficient (Wildman–Crippen LogP) is 6.52. The molecule has 0 heterocycles. The Hall–Kier alpha value is -4.03. The summed E-state index contributed by atoms with van der Waals surface area (Å²) in [6.45, 7) is 6.41. The van der Waals surface area contributed by atoms with E-state index in [4.69, 9.17) is 12.2 Å². The molecule has 0 radical (unpaired) electrons. The topological polar surface area (TPSA) is 70.2 Å².